The molecule has 0 radical (unpaired) electrons. The Hall–Kier alpha value is -3.39. The molecule has 2 aliphatic rings. The van der Waals surface area contributed by atoms with Crippen LogP contribution in [0.5, 0.6) is 11.5 Å². The van der Waals surface area contributed by atoms with E-state index in [1.54, 1.807) is 24.3 Å². The minimum atomic E-state index is -0.897. The maximum absolute atomic E-state index is 14.0. The number of likely N-dealkylation sites (tertiary alicyclic amines) is 1. The number of nitrogens with zero attached hydrogens (tertiary/aromatic N) is 2. The molecular formula is C22H21FN2O5. The number of aliphatic hydroxyl groups excluding tert-OH is 1. The number of amides is 1. The van der Waals surface area contributed by atoms with Gasteiger partial charge in [-0.1, -0.05) is 12.1 Å². The topological polar surface area (TPSA) is 79.3 Å². The van der Waals surface area contributed by atoms with E-state index in [1.165, 1.54) is 23.1 Å². The van der Waals surface area contributed by atoms with Crippen molar-refractivity contribution in [3.8, 4) is 11.5 Å². The van der Waals surface area contributed by atoms with E-state index in [1.807, 2.05) is 19.0 Å². The van der Waals surface area contributed by atoms with Gasteiger partial charge in [0.05, 0.1) is 11.6 Å². The summed E-state index contributed by atoms with van der Waals surface area (Å²) in [7, 11) is 3.70. The number of hydrogen-bond acceptors (Lipinski definition) is 6. The molecule has 7 nitrogen and oxygen atoms in total. The van der Waals surface area contributed by atoms with Gasteiger partial charge in [-0.3, -0.25) is 9.59 Å². The molecule has 0 saturated carbocycles. The summed E-state index contributed by atoms with van der Waals surface area (Å²) >= 11 is 0. The minimum Gasteiger partial charge on any atom is -0.507 e. The summed E-state index contributed by atoms with van der Waals surface area (Å²) < 4.78 is 24.6. The molecule has 0 bridgehead atoms. The van der Waals surface area contributed by atoms with Crippen molar-refractivity contribution in [3.05, 3.63) is 65.0 Å². The first kappa shape index (κ1) is 19.9. The Labute approximate surface area is 172 Å². The largest absolute Gasteiger partial charge is 0.507 e. The van der Waals surface area contributed by atoms with Crippen LogP contribution < -0.4 is 9.47 Å². The van der Waals surface area contributed by atoms with Crippen molar-refractivity contribution in [1.29, 1.82) is 0 Å². The van der Waals surface area contributed by atoms with Crippen molar-refractivity contribution in [2.75, 3.05) is 34.0 Å². The Bertz CT molecular complexity index is 1050. The van der Waals surface area contributed by atoms with Crippen LogP contribution in [0.4, 0.5) is 4.39 Å². The predicted octanol–water partition coefficient (Wildman–Crippen LogP) is 2.54. The second-order valence-electron chi connectivity index (χ2n) is 7.42. The highest BCUT2D eigenvalue weighted by molar-refractivity contribution is 6.46. The van der Waals surface area contributed by atoms with Crippen LogP contribution in [-0.4, -0.2) is 60.6 Å². The molecule has 2 aromatic rings. The van der Waals surface area contributed by atoms with Crippen LogP contribution in [0.15, 0.2) is 48.0 Å². The van der Waals surface area contributed by atoms with E-state index in [0.717, 1.165) is 0 Å². The predicted molar refractivity (Wildman–Crippen MR) is 107 cm³/mol. The van der Waals surface area contributed by atoms with Crippen molar-refractivity contribution in [3.63, 3.8) is 0 Å². The van der Waals surface area contributed by atoms with Crippen LogP contribution in [0.25, 0.3) is 5.76 Å². The lowest BCUT2D eigenvalue weighted by molar-refractivity contribution is -0.140. The molecular weight excluding hydrogens is 391 g/mol. The van der Waals surface area contributed by atoms with Crippen LogP contribution in [0.1, 0.15) is 17.2 Å². The molecule has 1 atom stereocenters. The number of likely N-dealkylation sites (N-methyl/N-ethyl adjacent to an activating group) is 1. The molecule has 2 aromatic carbocycles. The number of halogens is 1. The van der Waals surface area contributed by atoms with Gasteiger partial charge in [-0.15, -0.1) is 0 Å². The number of benzene rings is 2. The third-order valence-corrected chi connectivity index (χ3v) is 5.14. The molecule has 2 aliphatic heterocycles. The molecule has 30 heavy (non-hydrogen) atoms. The Morgan fingerprint density at radius 1 is 1.17 bits per heavy atom. The van der Waals surface area contributed by atoms with Gasteiger partial charge in [0, 0.05) is 18.7 Å². The first-order valence-corrected chi connectivity index (χ1v) is 9.45. The number of carbonyl (C=O) groups excluding carboxylic acids is 2. The Balaban J connectivity index is 1.83. The number of fused-ring (bicyclic) bond motifs is 1. The number of rotatable bonds is 5. The van der Waals surface area contributed by atoms with E-state index >= 15 is 0 Å². The highest BCUT2D eigenvalue weighted by Crippen LogP contribution is 2.41. The van der Waals surface area contributed by atoms with Gasteiger partial charge >= 0.3 is 0 Å². The molecule has 1 N–H and O–H groups in total. The van der Waals surface area contributed by atoms with Crippen molar-refractivity contribution < 1.29 is 28.6 Å². The SMILES string of the molecule is CN(C)CCN1C(=O)C(=O)C(=C(O)c2ccc3c(c2)OCO3)C1c1cccc(F)c1. The average Bonchev–Trinajstić information content (AvgIpc) is 3.28. The van der Waals surface area contributed by atoms with Crippen LogP contribution in [-0.2, 0) is 9.59 Å². The van der Waals surface area contributed by atoms with Gasteiger partial charge in [-0.25, -0.2) is 4.39 Å². The Morgan fingerprint density at radius 3 is 2.67 bits per heavy atom. The van der Waals surface area contributed by atoms with Gasteiger partial charge < -0.3 is 24.4 Å². The quantitative estimate of drug-likeness (QED) is 0.462. The molecule has 156 valence electrons. The second kappa shape index (κ2) is 7.79. The van der Waals surface area contributed by atoms with E-state index in [9.17, 15) is 19.1 Å². The fourth-order valence-corrected chi connectivity index (χ4v) is 3.64. The normalized spacial score (nSPS) is 19.7. The molecule has 2 heterocycles. The lowest BCUT2D eigenvalue weighted by Gasteiger charge is -2.26. The van der Waals surface area contributed by atoms with Crippen molar-refractivity contribution >= 4 is 17.4 Å². The van der Waals surface area contributed by atoms with E-state index < -0.39 is 23.5 Å². The smallest absolute Gasteiger partial charge is 0.295 e. The number of carbonyl (C=O) groups is 2. The summed E-state index contributed by atoms with van der Waals surface area (Å²) in [6.07, 6.45) is 0. The van der Waals surface area contributed by atoms with E-state index in [0.29, 0.717) is 29.2 Å². The van der Waals surface area contributed by atoms with E-state index in [4.69, 9.17) is 9.47 Å². The number of Topliss-reactive ketones (excluding diaryl/α,β-unsaturated/α-hetero) is 1. The van der Waals surface area contributed by atoms with Crippen LogP contribution in [0.3, 0.4) is 0 Å². The standard InChI is InChI=1S/C22H21FN2O5/c1-24(2)8-9-25-19(13-4-3-5-15(23)10-13)18(21(27)22(25)28)20(26)14-6-7-16-17(11-14)30-12-29-16/h3-7,10-11,19,26H,8-9,12H2,1-2H3. The molecule has 1 unspecified atom stereocenters. The molecule has 1 amide bonds. The minimum absolute atomic E-state index is 0.0672. The second-order valence-corrected chi connectivity index (χ2v) is 7.42. The van der Waals surface area contributed by atoms with Gasteiger partial charge in [0.2, 0.25) is 6.79 Å². The molecule has 0 aromatic heterocycles. The highest BCUT2D eigenvalue weighted by Gasteiger charge is 2.46. The molecule has 1 fully saturated rings. The first-order chi connectivity index (χ1) is 14.4. The van der Waals surface area contributed by atoms with Crippen molar-refractivity contribution in [2.45, 2.75) is 6.04 Å². The molecule has 0 aliphatic carbocycles. The van der Waals surface area contributed by atoms with Gasteiger partial charge in [-0.05, 0) is 50.0 Å². The summed E-state index contributed by atoms with van der Waals surface area (Å²) in [5.41, 5.74) is 0.643. The molecule has 4 rings (SSSR count). The van der Waals surface area contributed by atoms with Gasteiger partial charge in [0.1, 0.15) is 11.6 Å². The van der Waals surface area contributed by atoms with Gasteiger partial charge in [0.25, 0.3) is 11.7 Å². The Morgan fingerprint density at radius 2 is 1.93 bits per heavy atom. The van der Waals surface area contributed by atoms with Crippen molar-refractivity contribution in [1.82, 2.24) is 9.80 Å². The fourth-order valence-electron chi connectivity index (χ4n) is 3.64. The lowest BCUT2D eigenvalue weighted by atomic mass is 9.95. The highest BCUT2D eigenvalue weighted by atomic mass is 19.1. The maximum Gasteiger partial charge on any atom is 0.295 e. The number of ketones is 1. The van der Waals surface area contributed by atoms with Crippen molar-refractivity contribution in [2.24, 2.45) is 0 Å². The molecule has 1 saturated heterocycles. The maximum atomic E-state index is 14.0. The lowest BCUT2D eigenvalue weighted by Crippen LogP contribution is -2.35. The fraction of sp³-hybridized carbons (Fsp3) is 0.273. The summed E-state index contributed by atoms with van der Waals surface area (Å²) in [6, 6.07) is 9.56. The number of ether oxygens (including phenoxy) is 2. The molecule has 8 heteroatoms. The third kappa shape index (κ3) is 3.50. The van der Waals surface area contributed by atoms with Crippen LogP contribution >= 0.6 is 0 Å². The number of hydrogen-bond donors (Lipinski definition) is 1. The zero-order chi connectivity index (χ0) is 21.4. The summed E-state index contributed by atoms with van der Waals surface area (Å²) in [5.74, 6) is -1.41. The summed E-state index contributed by atoms with van der Waals surface area (Å²) in [4.78, 5) is 28.9. The van der Waals surface area contributed by atoms with Crippen LogP contribution in [0.2, 0.25) is 0 Å². The zero-order valence-electron chi connectivity index (χ0n) is 16.6. The monoisotopic (exact) mass is 412 g/mol. The zero-order valence-corrected chi connectivity index (χ0v) is 16.6. The van der Waals surface area contributed by atoms with E-state index in [-0.39, 0.29) is 24.7 Å². The first-order valence-electron chi connectivity index (χ1n) is 9.45. The van der Waals surface area contributed by atoms with E-state index in [2.05, 4.69) is 0 Å². The summed E-state index contributed by atoms with van der Waals surface area (Å²) in [5, 5.41) is 11.0. The van der Waals surface area contributed by atoms with Crippen LogP contribution in [0, 0.1) is 5.82 Å². The van der Waals surface area contributed by atoms with Gasteiger partial charge in [0.15, 0.2) is 11.5 Å². The average molecular weight is 412 g/mol. The molecule has 0 spiro atoms. The Kier molecular flexibility index (Phi) is 5.17. The third-order valence-electron chi connectivity index (χ3n) is 5.14. The number of aliphatic hydroxyl groups is 1. The van der Waals surface area contributed by atoms with Gasteiger partial charge in [-0.2, -0.15) is 0 Å². The summed E-state index contributed by atoms with van der Waals surface area (Å²) in [6.45, 7) is 0.817.